The molecule has 0 aliphatic heterocycles. The van der Waals surface area contributed by atoms with Gasteiger partial charge in [-0.15, -0.1) is 0 Å². The number of aromatic nitrogens is 1. The Morgan fingerprint density at radius 1 is 1.35 bits per heavy atom. The first-order chi connectivity index (χ1) is 9.58. The molecule has 0 atom stereocenters. The third-order valence-electron chi connectivity index (χ3n) is 2.69. The van der Waals surface area contributed by atoms with Crippen molar-refractivity contribution in [2.24, 2.45) is 12.1 Å². The van der Waals surface area contributed by atoms with Crippen LogP contribution < -0.4 is 5.43 Å². The molecule has 2 aromatic rings. The topological polar surface area (TPSA) is 89.5 Å². The summed E-state index contributed by atoms with van der Waals surface area (Å²) in [4.78, 5) is 21.7. The number of hydrogen-bond donors (Lipinski definition) is 1. The number of rotatable bonds is 4. The summed E-state index contributed by atoms with van der Waals surface area (Å²) in [7, 11) is 1.86. The predicted octanol–water partition coefficient (Wildman–Crippen LogP) is 1.70. The maximum atomic E-state index is 11.7. The Kier molecular flexibility index (Phi) is 3.90. The van der Waals surface area contributed by atoms with Gasteiger partial charge in [0.25, 0.3) is 11.6 Å². The highest BCUT2D eigenvalue weighted by atomic mass is 16.6. The highest BCUT2D eigenvalue weighted by Crippen LogP contribution is 2.11. The standard InChI is InChI=1S/C13H12N4O3/c1-16-8-2-3-12(16)9-14-15-13(18)10-4-6-11(7-5-10)17(19)20/h2-9H,1H3,(H,15,18)/b14-9-. The van der Waals surface area contributed by atoms with Gasteiger partial charge in [0.15, 0.2) is 0 Å². The second kappa shape index (κ2) is 5.79. The summed E-state index contributed by atoms with van der Waals surface area (Å²) in [6.45, 7) is 0. The average Bonchev–Trinajstić information content (AvgIpc) is 2.84. The Bertz CT molecular complexity index is 659. The normalized spacial score (nSPS) is 10.7. The van der Waals surface area contributed by atoms with Crippen LogP contribution in [0.2, 0.25) is 0 Å². The first kappa shape index (κ1) is 13.5. The number of hydrazone groups is 1. The molecule has 2 rings (SSSR count). The molecule has 0 spiro atoms. The molecule has 0 bridgehead atoms. The van der Waals surface area contributed by atoms with E-state index in [0.29, 0.717) is 5.56 Å². The number of non-ortho nitro benzene ring substituents is 1. The Labute approximate surface area is 114 Å². The molecule has 0 saturated carbocycles. The van der Waals surface area contributed by atoms with Crippen LogP contribution in [0.15, 0.2) is 47.7 Å². The average molecular weight is 272 g/mol. The first-order valence-corrected chi connectivity index (χ1v) is 5.77. The van der Waals surface area contributed by atoms with Crippen molar-refractivity contribution in [2.75, 3.05) is 0 Å². The van der Waals surface area contributed by atoms with Gasteiger partial charge in [-0.1, -0.05) is 0 Å². The Morgan fingerprint density at radius 2 is 2.05 bits per heavy atom. The fourth-order valence-electron chi connectivity index (χ4n) is 1.56. The van der Waals surface area contributed by atoms with Gasteiger partial charge in [0.1, 0.15) is 0 Å². The van der Waals surface area contributed by atoms with E-state index >= 15 is 0 Å². The number of nitrogens with one attached hydrogen (secondary N) is 1. The minimum atomic E-state index is -0.519. The summed E-state index contributed by atoms with van der Waals surface area (Å²) in [6.07, 6.45) is 3.38. The van der Waals surface area contributed by atoms with Gasteiger partial charge in [0.2, 0.25) is 0 Å². The van der Waals surface area contributed by atoms with Crippen LogP contribution in [0.1, 0.15) is 16.1 Å². The maximum absolute atomic E-state index is 11.7. The second-order valence-corrected chi connectivity index (χ2v) is 4.05. The number of nitro groups is 1. The van der Waals surface area contributed by atoms with Crippen LogP contribution in [0, 0.1) is 10.1 Å². The van der Waals surface area contributed by atoms with Gasteiger partial charge in [-0.05, 0) is 24.3 Å². The third kappa shape index (κ3) is 3.08. The van der Waals surface area contributed by atoms with E-state index in [1.54, 1.807) is 0 Å². The zero-order valence-corrected chi connectivity index (χ0v) is 10.7. The van der Waals surface area contributed by atoms with Crippen molar-refractivity contribution in [3.63, 3.8) is 0 Å². The molecular formula is C13H12N4O3. The summed E-state index contributed by atoms with van der Waals surface area (Å²) < 4.78 is 1.85. The number of carbonyl (C=O) groups excluding carboxylic acids is 1. The predicted molar refractivity (Wildman–Crippen MR) is 73.6 cm³/mol. The molecule has 0 fully saturated rings. The third-order valence-corrected chi connectivity index (χ3v) is 2.69. The highest BCUT2D eigenvalue weighted by molar-refractivity contribution is 5.94. The van der Waals surface area contributed by atoms with Crippen LogP contribution in [0.25, 0.3) is 0 Å². The number of nitrogens with zero attached hydrogens (tertiary/aromatic N) is 3. The molecular weight excluding hydrogens is 260 g/mol. The molecule has 1 N–H and O–H groups in total. The molecule has 1 aromatic heterocycles. The second-order valence-electron chi connectivity index (χ2n) is 4.05. The fraction of sp³-hybridized carbons (Fsp3) is 0.0769. The number of amides is 1. The van der Waals surface area contributed by atoms with Crippen molar-refractivity contribution >= 4 is 17.8 Å². The molecule has 0 radical (unpaired) electrons. The first-order valence-electron chi connectivity index (χ1n) is 5.77. The minimum absolute atomic E-state index is 0.0612. The summed E-state index contributed by atoms with van der Waals surface area (Å²) in [5, 5.41) is 14.3. The minimum Gasteiger partial charge on any atom is -0.350 e. The summed E-state index contributed by atoms with van der Waals surface area (Å²) in [6, 6.07) is 9.02. The SMILES string of the molecule is Cn1cccc1/C=N\NC(=O)c1ccc([N+](=O)[O-])cc1. The number of carbonyl (C=O) groups is 1. The van der Waals surface area contributed by atoms with Gasteiger partial charge < -0.3 is 4.57 Å². The molecule has 0 saturated heterocycles. The van der Waals surface area contributed by atoms with Gasteiger partial charge in [0, 0.05) is 30.9 Å². The zero-order valence-electron chi connectivity index (χ0n) is 10.7. The monoisotopic (exact) mass is 272 g/mol. The summed E-state index contributed by atoms with van der Waals surface area (Å²) >= 11 is 0. The summed E-state index contributed by atoms with van der Waals surface area (Å²) in [5.74, 6) is -0.426. The van der Waals surface area contributed by atoms with Gasteiger partial charge in [-0.2, -0.15) is 5.10 Å². The van der Waals surface area contributed by atoms with E-state index in [9.17, 15) is 14.9 Å². The van der Waals surface area contributed by atoms with Crippen molar-refractivity contribution in [3.8, 4) is 0 Å². The largest absolute Gasteiger partial charge is 0.350 e. The molecule has 0 unspecified atom stereocenters. The van der Waals surface area contributed by atoms with Gasteiger partial charge in [-0.25, -0.2) is 5.43 Å². The molecule has 20 heavy (non-hydrogen) atoms. The fourth-order valence-corrected chi connectivity index (χ4v) is 1.56. The zero-order chi connectivity index (χ0) is 14.5. The van der Waals surface area contributed by atoms with Crippen LogP contribution in [0.4, 0.5) is 5.69 Å². The highest BCUT2D eigenvalue weighted by Gasteiger charge is 2.08. The quantitative estimate of drug-likeness (QED) is 0.521. The van der Waals surface area contributed by atoms with Crippen molar-refractivity contribution in [2.45, 2.75) is 0 Å². The van der Waals surface area contributed by atoms with Crippen LogP contribution in [-0.4, -0.2) is 21.6 Å². The molecule has 7 heteroatoms. The van der Waals surface area contributed by atoms with Gasteiger partial charge in [0.05, 0.1) is 16.8 Å². The van der Waals surface area contributed by atoms with E-state index in [1.807, 2.05) is 29.9 Å². The summed E-state index contributed by atoms with van der Waals surface area (Å²) in [5.41, 5.74) is 3.45. The Morgan fingerprint density at radius 3 is 2.60 bits per heavy atom. The van der Waals surface area contributed by atoms with E-state index in [1.165, 1.54) is 30.5 Å². The lowest BCUT2D eigenvalue weighted by molar-refractivity contribution is -0.384. The molecule has 1 aromatic carbocycles. The number of aryl methyl sites for hydroxylation is 1. The van der Waals surface area contributed by atoms with E-state index in [0.717, 1.165) is 5.69 Å². The number of hydrogen-bond acceptors (Lipinski definition) is 4. The van der Waals surface area contributed by atoms with Gasteiger partial charge >= 0.3 is 0 Å². The van der Waals surface area contributed by atoms with E-state index in [-0.39, 0.29) is 5.69 Å². The number of benzene rings is 1. The Balaban J connectivity index is 2.00. The van der Waals surface area contributed by atoms with Crippen LogP contribution >= 0.6 is 0 Å². The van der Waals surface area contributed by atoms with E-state index < -0.39 is 10.8 Å². The molecule has 0 aliphatic rings. The van der Waals surface area contributed by atoms with Crippen LogP contribution in [0.3, 0.4) is 0 Å². The van der Waals surface area contributed by atoms with E-state index in [4.69, 9.17) is 0 Å². The van der Waals surface area contributed by atoms with Crippen LogP contribution in [-0.2, 0) is 7.05 Å². The lowest BCUT2D eigenvalue weighted by Crippen LogP contribution is -2.17. The van der Waals surface area contributed by atoms with Crippen molar-refractivity contribution < 1.29 is 9.72 Å². The van der Waals surface area contributed by atoms with Gasteiger partial charge in [-0.3, -0.25) is 14.9 Å². The molecule has 1 amide bonds. The lowest BCUT2D eigenvalue weighted by atomic mass is 10.2. The molecule has 1 heterocycles. The smallest absolute Gasteiger partial charge is 0.271 e. The molecule has 0 aliphatic carbocycles. The van der Waals surface area contributed by atoms with Crippen molar-refractivity contribution in [3.05, 3.63) is 64.0 Å². The lowest BCUT2D eigenvalue weighted by Gasteiger charge is -2.00. The Hall–Kier alpha value is -2.96. The van der Waals surface area contributed by atoms with E-state index in [2.05, 4.69) is 10.5 Å². The molecule has 102 valence electrons. The van der Waals surface area contributed by atoms with Crippen molar-refractivity contribution in [1.29, 1.82) is 0 Å². The maximum Gasteiger partial charge on any atom is 0.271 e. The van der Waals surface area contributed by atoms with Crippen LogP contribution in [0.5, 0.6) is 0 Å². The van der Waals surface area contributed by atoms with Crippen molar-refractivity contribution in [1.82, 2.24) is 9.99 Å². The number of nitro benzene ring substituents is 1. The molecule has 7 nitrogen and oxygen atoms in total.